The van der Waals surface area contributed by atoms with Crippen LogP contribution < -0.4 is 33.6 Å². The van der Waals surface area contributed by atoms with Crippen molar-refractivity contribution in [3.05, 3.63) is 178 Å². The van der Waals surface area contributed by atoms with Gasteiger partial charge in [0.15, 0.2) is 0 Å². The predicted octanol–water partition coefficient (Wildman–Crippen LogP) is 2.18. The van der Waals surface area contributed by atoms with E-state index in [1.54, 1.807) is 58.3 Å². The van der Waals surface area contributed by atoms with E-state index in [1.807, 2.05) is 91.0 Å². The van der Waals surface area contributed by atoms with Gasteiger partial charge in [-0.05, 0) is 29.8 Å². The standard InChI is InChI=1S/C45H46N12O4/c46-44(47)54-52-39(31-12-6-2-7-13-31)33-16-20-35(21-17-33)41(59)50-29-38(58)56-24-26-57(27-25-56)43(61)37(28-30-10-4-1-5-11-30)51-42(60)36-22-18-34(19-23-36)40(53-55-45(48)49)32-14-8-3-9-15-32/h1-23,37H,24-29H2,(H,50,59)(H,51,60)(H4,46,47,54)(H4,48,49,55)/b52-39+,53-40+/t37-/m0/s1. The number of carbonyl (C=O) groups excluding carboxylic acids is 4. The van der Waals surface area contributed by atoms with Crippen LogP contribution in [0, 0.1) is 0 Å². The van der Waals surface area contributed by atoms with Gasteiger partial charge in [0.25, 0.3) is 11.8 Å². The van der Waals surface area contributed by atoms with Gasteiger partial charge in [0, 0.05) is 66.0 Å². The number of rotatable bonds is 14. The van der Waals surface area contributed by atoms with Gasteiger partial charge >= 0.3 is 0 Å². The number of hydrogen-bond donors (Lipinski definition) is 6. The summed E-state index contributed by atoms with van der Waals surface area (Å²) >= 11 is 0. The van der Waals surface area contributed by atoms with Gasteiger partial charge in [-0.15, -0.1) is 20.4 Å². The second kappa shape index (κ2) is 20.5. The van der Waals surface area contributed by atoms with Crippen LogP contribution in [0.4, 0.5) is 0 Å². The first-order valence-corrected chi connectivity index (χ1v) is 19.4. The zero-order valence-electron chi connectivity index (χ0n) is 33.2. The molecule has 1 atom stereocenters. The van der Waals surface area contributed by atoms with E-state index in [-0.39, 0.29) is 62.9 Å². The average Bonchev–Trinajstić information content (AvgIpc) is 3.29. The lowest BCUT2D eigenvalue weighted by Gasteiger charge is -2.36. The van der Waals surface area contributed by atoms with Crippen LogP contribution in [-0.2, 0) is 16.0 Å². The molecule has 16 heteroatoms. The average molecular weight is 819 g/mol. The monoisotopic (exact) mass is 818 g/mol. The number of nitrogens with one attached hydrogen (secondary N) is 2. The quantitative estimate of drug-likeness (QED) is 0.0549. The molecule has 0 spiro atoms. The molecule has 1 heterocycles. The minimum Gasteiger partial charge on any atom is -0.369 e. The minimum atomic E-state index is -0.882. The van der Waals surface area contributed by atoms with Crippen LogP contribution in [0.25, 0.3) is 0 Å². The van der Waals surface area contributed by atoms with Gasteiger partial charge in [0.05, 0.1) is 6.54 Å². The molecule has 0 unspecified atom stereocenters. The van der Waals surface area contributed by atoms with Gasteiger partial charge in [-0.2, -0.15) is 0 Å². The molecular weight excluding hydrogens is 773 g/mol. The maximum atomic E-state index is 14.0. The Labute approximate surface area is 352 Å². The summed E-state index contributed by atoms with van der Waals surface area (Å²) in [6.45, 7) is 0.779. The highest BCUT2D eigenvalue weighted by atomic mass is 16.2. The molecular formula is C45H46N12O4. The molecule has 5 aromatic rings. The molecule has 1 fully saturated rings. The zero-order chi connectivity index (χ0) is 43.1. The largest absolute Gasteiger partial charge is 0.369 e. The van der Waals surface area contributed by atoms with E-state index < -0.39 is 17.9 Å². The summed E-state index contributed by atoms with van der Waals surface area (Å²) in [4.78, 5) is 57.2. The van der Waals surface area contributed by atoms with Gasteiger partial charge < -0.3 is 43.4 Å². The summed E-state index contributed by atoms with van der Waals surface area (Å²) in [6, 6.07) is 40.7. The Kier molecular flexibility index (Phi) is 14.3. The molecule has 1 aliphatic heterocycles. The smallest absolute Gasteiger partial charge is 0.251 e. The maximum absolute atomic E-state index is 14.0. The summed E-state index contributed by atoms with van der Waals surface area (Å²) in [5.41, 5.74) is 27.5. The topological polar surface area (TPSA) is 252 Å². The Morgan fingerprint density at radius 2 is 0.885 bits per heavy atom. The third kappa shape index (κ3) is 11.7. The van der Waals surface area contributed by atoms with Crippen molar-refractivity contribution in [3.8, 4) is 0 Å². The fraction of sp³-hybridized carbons (Fsp3) is 0.156. The van der Waals surface area contributed by atoms with E-state index in [4.69, 9.17) is 22.9 Å². The summed E-state index contributed by atoms with van der Waals surface area (Å²) < 4.78 is 0. The van der Waals surface area contributed by atoms with Gasteiger partial charge in [-0.1, -0.05) is 115 Å². The van der Waals surface area contributed by atoms with Crippen LogP contribution in [0.1, 0.15) is 48.5 Å². The lowest BCUT2D eigenvalue weighted by Crippen LogP contribution is -2.57. The number of carbonyl (C=O) groups is 4. The summed E-state index contributed by atoms with van der Waals surface area (Å²) in [6.07, 6.45) is 0.260. The first kappa shape index (κ1) is 42.5. The van der Waals surface area contributed by atoms with Crippen molar-refractivity contribution in [3.63, 3.8) is 0 Å². The van der Waals surface area contributed by atoms with E-state index in [1.165, 1.54) is 0 Å². The fourth-order valence-electron chi connectivity index (χ4n) is 6.59. The Balaban J connectivity index is 1.06. The molecule has 61 heavy (non-hydrogen) atoms. The summed E-state index contributed by atoms with van der Waals surface area (Å²) in [5, 5.41) is 21.7. The first-order valence-electron chi connectivity index (χ1n) is 19.4. The highest BCUT2D eigenvalue weighted by Gasteiger charge is 2.30. The Morgan fingerprint density at radius 3 is 1.34 bits per heavy atom. The number of piperazine rings is 1. The Morgan fingerprint density at radius 1 is 0.492 bits per heavy atom. The molecule has 310 valence electrons. The molecule has 5 aromatic carbocycles. The van der Waals surface area contributed by atoms with Crippen LogP contribution in [0.5, 0.6) is 0 Å². The third-order valence-corrected chi connectivity index (χ3v) is 9.70. The van der Waals surface area contributed by atoms with Crippen molar-refractivity contribution in [2.24, 2.45) is 43.3 Å². The van der Waals surface area contributed by atoms with Gasteiger partial charge in [-0.25, -0.2) is 0 Å². The van der Waals surface area contributed by atoms with Gasteiger partial charge in [0.1, 0.15) is 17.5 Å². The van der Waals surface area contributed by atoms with Crippen molar-refractivity contribution >= 4 is 47.0 Å². The number of nitrogens with zero attached hydrogens (tertiary/aromatic N) is 6. The molecule has 16 nitrogen and oxygen atoms in total. The van der Waals surface area contributed by atoms with Gasteiger partial charge in [-0.3, -0.25) is 19.2 Å². The first-order chi connectivity index (χ1) is 29.5. The fourth-order valence-corrected chi connectivity index (χ4v) is 6.59. The van der Waals surface area contributed by atoms with Crippen LogP contribution in [0.3, 0.4) is 0 Å². The normalized spacial score (nSPS) is 13.4. The van der Waals surface area contributed by atoms with E-state index in [0.29, 0.717) is 33.7 Å². The van der Waals surface area contributed by atoms with Crippen LogP contribution >= 0.6 is 0 Å². The van der Waals surface area contributed by atoms with Gasteiger partial charge in [0.2, 0.25) is 23.7 Å². The van der Waals surface area contributed by atoms with E-state index in [2.05, 4.69) is 31.0 Å². The van der Waals surface area contributed by atoms with E-state index in [0.717, 1.165) is 16.7 Å². The third-order valence-electron chi connectivity index (χ3n) is 9.70. The molecule has 0 saturated carbocycles. The Hall–Kier alpha value is -8.14. The second-order valence-electron chi connectivity index (χ2n) is 13.9. The molecule has 4 amide bonds. The number of guanidine groups is 2. The number of nitrogens with two attached hydrogens (primary N) is 4. The molecule has 0 aromatic heterocycles. The lowest BCUT2D eigenvalue weighted by molar-refractivity contribution is -0.140. The molecule has 6 rings (SSSR count). The maximum Gasteiger partial charge on any atom is 0.251 e. The highest BCUT2D eigenvalue weighted by Crippen LogP contribution is 2.16. The molecule has 1 saturated heterocycles. The SMILES string of the molecule is NC(N)=N/N=C(\c1ccccc1)c1ccc(C(=O)NCC(=O)N2CCN(C(=O)[C@H](Cc3ccccc3)NC(=O)c3ccc(/C(=N/N=C(N)N)c4ccccc4)cc3)CC2)cc1. The zero-order valence-corrected chi connectivity index (χ0v) is 33.2. The highest BCUT2D eigenvalue weighted by molar-refractivity contribution is 6.14. The van der Waals surface area contributed by atoms with Crippen molar-refractivity contribution in [2.45, 2.75) is 12.5 Å². The predicted molar refractivity (Wildman–Crippen MR) is 236 cm³/mol. The number of amides is 4. The number of benzene rings is 5. The van der Waals surface area contributed by atoms with Crippen LogP contribution in [0.15, 0.2) is 160 Å². The Bertz CT molecular complexity index is 2420. The van der Waals surface area contributed by atoms with Crippen molar-refractivity contribution < 1.29 is 19.2 Å². The molecule has 0 aliphatic carbocycles. The second-order valence-corrected chi connectivity index (χ2v) is 13.9. The molecule has 1 aliphatic rings. The van der Waals surface area contributed by atoms with E-state index in [9.17, 15) is 19.2 Å². The van der Waals surface area contributed by atoms with Crippen LogP contribution in [0.2, 0.25) is 0 Å². The molecule has 0 bridgehead atoms. The number of hydrogen-bond acceptors (Lipinski definition) is 8. The molecule has 0 radical (unpaired) electrons. The van der Waals surface area contributed by atoms with Crippen molar-refractivity contribution in [1.82, 2.24) is 20.4 Å². The summed E-state index contributed by atoms with van der Waals surface area (Å²) in [7, 11) is 0. The lowest BCUT2D eigenvalue weighted by atomic mass is 10.0. The summed E-state index contributed by atoms with van der Waals surface area (Å²) in [5.74, 6) is -1.80. The van der Waals surface area contributed by atoms with Crippen LogP contribution in [-0.4, -0.2) is 95.5 Å². The molecule has 10 N–H and O–H groups in total. The minimum absolute atomic E-state index is 0.190. The van der Waals surface area contributed by atoms with Crippen molar-refractivity contribution in [1.29, 1.82) is 0 Å². The van der Waals surface area contributed by atoms with Crippen molar-refractivity contribution in [2.75, 3.05) is 32.7 Å². The van der Waals surface area contributed by atoms with E-state index >= 15 is 0 Å².